The van der Waals surface area contributed by atoms with Gasteiger partial charge in [0, 0.05) is 19.5 Å². The molecule has 1 atom stereocenters. The Hall–Kier alpha value is -2.65. The van der Waals surface area contributed by atoms with Gasteiger partial charge in [-0.15, -0.1) is 0 Å². The lowest BCUT2D eigenvalue weighted by Crippen LogP contribution is -2.30. The molecule has 26 heavy (non-hydrogen) atoms. The van der Waals surface area contributed by atoms with Gasteiger partial charge in [-0.1, -0.05) is 66.7 Å². The van der Waals surface area contributed by atoms with Crippen LogP contribution < -0.4 is 5.32 Å². The maximum absolute atomic E-state index is 12.2. The van der Waals surface area contributed by atoms with E-state index in [2.05, 4.69) is 59.7 Å². The Labute approximate surface area is 155 Å². The van der Waals surface area contributed by atoms with Gasteiger partial charge in [0.05, 0.1) is 6.04 Å². The summed E-state index contributed by atoms with van der Waals surface area (Å²) in [5, 5.41) is 5.59. The predicted octanol–water partition coefficient (Wildman–Crippen LogP) is 4.54. The lowest BCUT2D eigenvalue weighted by molar-refractivity contribution is -0.122. The van der Waals surface area contributed by atoms with Gasteiger partial charge in [0.2, 0.25) is 5.91 Å². The molecule has 0 aliphatic heterocycles. The molecule has 3 rings (SSSR count). The van der Waals surface area contributed by atoms with E-state index in [1.54, 1.807) is 0 Å². The Bertz CT molecular complexity index is 860. The summed E-state index contributed by atoms with van der Waals surface area (Å²) in [6.45, 7) is 3.60. The molecule has 1 N–H and O–H groups in total. The number of hydrogen-bond donors (Lipinski definition) is 1. The van der Waals surface area contributed by atoms with Crippen molar-refractivity contribution < 1.29 is 4.79 Å². The van der Waals surface area contributed by atoms with Crippen molar-refractivity contribution in [2.75, 3.05) is 13.6 Å². The van der Waals surface area contributed by atoms with Crippen LogP contribution in [0.4, 0.5) is 0 Å². The normalized spacial score (nSPS) is 12.3. The minimum atomic E-state index is 0.0366. The lowest BCUT2D eigenvalue weighted by atomic mass is 10.1. The molecule has 0 heterocycles. The average Bonchev–Trinajstić information content (AvgIpc) is 2.67. The highest BCUT2D eigenvalue weighted by molar-refractivity contribution is 5.83. The topological polar surface area (TPSA) is 32.3 Å². The Morgan fingerprint density at radius 2 is 1.65 bits per heavy atom. The third kappa shape index (κ3) is 4.93. The molecule has 0 aliphatic rings. The quantitative estimate of drug-likeness (QED) is 0.681. The van der Waals surface area contributed by atoms with Crippen LogP contribution in [-0.4, -0.2) is 24.4 Å². The standard InChI is InChI=1S/C23H26N2O/c1-18(20-8-4-3-5-9-20)24-23(26)14-15-25(2)17-19-12-13-21-10-6-7-11-22(21)16-19/h3-13,16,18H,14-15,17H2,1-2H3,(H,24,26). The minimum Gasteiger partial charge on any atom is -0.350 e. The van der Waals surface area contributed by atoms with Crippen molar-refractivity contribution in [2.45, 2.75) is 25.9 Å². The number of carbonyl (C=O) groups excluding carboxylic acids is 1. The van der Waals surface area contributed by atoms with Gasteiger partial charge in [-0.2, -0.15) is 0 Å². The largest absolute Gasteiger partial charge is 0.350 e. The van der Waals surface area contributed by atoms with Crippen molar-refractivity contribution in [3.63, 3.8) is 0 Å². The summed E-state index contributed by atoms with van der Waals surface area (Å²) in [4.78, 5) is 14.4. The summed E-state index contributed by atoms with van der Waals surface area (Å²) in [6.07, 6.45) is 0.501. The monoisotopic (exact) mass is 346 g/mol. The fraction of sp³-hybridized carbons (Fsp3) is 0.261. The van der Waals surface area contributed by atoms with Crippen molar-refractivity contribution in [2.24, 2.45) is 0 Å². The minimum absolute atomic E-state index is 0.0366. The molecule has 3 heteroatoms. The van der Waals surface area contributed by atoms with Crippen LogP contribution >= 0.6 is 0 Å². The second kappa shape index (κ2) is 8.63. The van der Waals surface area contributed by atoms with Crippen molar-refractivity contribution >= 4 is 16.7 Å². The van der Waals surface area contributed by atoms with E-state index in [1.807, 2.05) is 37.3 Å². The van der Waals surface area contributed by atoms with E-state index in [0.29, 0.717) is 6.42 Å². The lowest BCUT2D eigenvalue weighted by Gasteiger charge is -2.18. The van der Waals surface area contributed by atoms with Crippen LogP contribution in [0.2, 0.25) is 0 Å². The number of nitrogens with zero attached hydrogens (tertiary/aromatic N) is 1. The zero-order valence-corrected chi connectivity index (χ0v) is 15.5. The van der Waals surface area contributed by atoms with Crippen LogP contribution in [0, 0.1) is 0 Å². The van der Waals surface area contributed by atoms with E-state index < -0.39 is 0 Å². The number of nitrogens with one attached hydrogen (secondary N) is 1. The molecule has 0 fully saturated rings. The molecule has 3 aromatic carbocycles. The maximum atomic E-state index is 12.2. The molecule has 134 valence electrons. The van der Waals surface area contributed by atoms with Crippen LogP contribution in [-0.2, 0) is 11.3 Å². The molecule has 0 radical (unpaired) electrons. The number of rotatable bonds is 7. The summed E-state index contributed by atoms with van der Waals surface area (Å²) in [7, 11) is 2.06. The van der Waals surface area contributed by atoms with E-state index in [9.17, 15) is 4.79 Å². The van der Waals surface area contributed by atoms with Gasteiger partial charge in [-0.05, 0) is 41.9 Å². The molecular weight excluding hydrogens is 320 g/mol. The molecule has 0 spiro atoms. The molecule has 0 bridgehead atoms. The molecular formula is C23H26N2O. The summed E-state index contributed by atoms with van der Waals surface area (Å²) < 4.78 is 0. The van der Waals surface area contributed by atoms with Crippen molar-refractivity contribution in [3.05, 3.63) is 83.9 Å². The van der Waals surface area contributed by atoms with E-state index in [0.717, 1.165) is 18.7 Å². The Morgan fingerprint density at radius 1 is 0.962 bits per heavy atom. The van der Waals surface area contributed by atoms with Gasteiger partial charge in [0.1, 0.15) is 0 Å². The number of carbonyl (C=O) groups is 1. The fourth-order valence-electron chi connectivity index (χ4n) is 3.16. The summed E-state index contributed by atoms with van der Waals surface area (Å²) in [5.41, 5.74) is 2.40. The van der Waals surface area contributed by atoms with Crippen LogP contribution in [0.3, 0.4) is 0 Å². The first-order valence-electron chi connectivity index (χ1n) is 9.12. The summed E-state index contributed by atoms with van der Waals surface area (Å²) >= 11 is 0. The molecule has 0 aliphatic carbocycles. The average molecular weight is 346 g/mol. The Balaban J connectivity index is 1.48. The van der Waals surface area contributed by atoms with E-state index in [-0.39, 0.29) is 11.9 Å². The number of benzene rings is 3. The van der Waals surface area contributed by atoms with Crippen molar-refractivity contribution in [1.29, 1.82) is 0 Å². The molecule has 1 amide bonds. The van der Waals surface area contributed by atoms with Gasteiger partial charge in [-0.25, -0.2) is 0 Å². The first-order chi connectivity index (χ1) is 12.6. The summed E-state index contributed by atoms with van der Waals surface area (Å²) in [6, 6.07) is 25.0. The Morgan fingerprint density at radius 3 is 2.42 bits per heavy atom. The highest BCUT2D eigenvalue weighted by atomic mass is 16.1. The van der Waals surface area contributed by atoms with E-state index in [4.69, 9.17) is 0 Å². The zero-order chi connectivity index (χ0) is 18.4. The predicted molar refractivity (Wildman–Crippen MR) is 108 cm³/mol. The second-order valence-corrected chi connectivity index (χ2v) is 6.87. The molecule has 0 aromatic heterocycles. The van der Waals surface area contributed by atoms with Crippen LogP contribution in [0.25, 0.3) is 10.8 Å². The summed E-state index contributed by atoms with van der Waals surface area (Å²) in [5.74, 6) is 0.0896. The fourth-order valence-corrected chi connectivity index (χ4v) is 3.16. The van der Waals surface area contributed by atoms with Crippen LogP contribution in [0.1, 0.15) is 30.5 Å². The molecule has 3 nitrogen and oxygen atoms in total. The Kier molecular flexibility index (Phi) is 6.03. The van der Waals surface area contributed by atoms with Gasteiger partial charge < -0.3 is 10.2 Å². The molecule has 0 saturated heterocycles. The highest BCUT2D eigenvalue weighted by Crippen LogP contribution is 2.16. The van der Waals surface area contributed by atoms with Gasteiger partial charge in [0.25, 0.3) is 0 Å². The van der Waals surface area contributed by atoms with Crippen LogP contribution in [0.5, 0.6) is 0 Å². The van der Waals surface area contributed by atoms with Crippen molar-refractivity contribution in [1.82, 2.24) is 10.2 Å². The maximum Gasteiger partial charge on any atom is 0.221 e. The third-order valence-corrected chi connectivity index (χ3v) is 4.66. The molecule has 0 saturated carbocycles. The van der Waals surface area contributed by atoms with E-state index >= 15 is 0 Å². The van der Waals surface area contributed by atoms with Gasteiger partial charge >= 0.3 is 0 Å². The first kappa shape index (κ1) is 18.2. The number of hydrogen-bond acceptors (Lipinski definition) is 2. The smallest absolute Gasteiger partial charge is 0.221 e. The molecule has 3 aromatic rings. The highest BCUT2D eigenvalue weighted by Gasteiger charge is 2.10. The second-order valence-electron chi connectivity index (χ2n) is 6.87. The van der Waals surface area contributed by atoms with Crippen LogP contribution in [0.15, 0.2) is 72.8 Å². The number of amides is 1. The van der Waals surface area contributed by atoms with Crippen molar-refractivity contribution in [3.8, 4) is 0 Å². The third-order valence-electron chi connectivity index (χ3n) is 4.66. The SMILES string of the molecule is CC(NC(=O)CCN(C)Cc1ccc2ccccc2c1)c1ccccc1. The molecule has 1 unspecified atom stereocenters. The van der Waals surface area contributed by atoms with Gasteiger partial charge in [0.15, 0.2) is 0 Å². The number of fused-ring (bicyclic) bond motifs is 1. The van der Waals surface area contributed by atoms with E-state index in [1.165, 1.54) is 16.3 Å². The zero-order valence-electron chi connectivity index (χ0n) is 15.5. The first-order valence-corrected chi connectivity index (χ1v) is 9.12. The van der Waals surface area contributed by atoms with Gasteiger partial charge in [-0.3, -0.25) is 4.79 Å².